The van der Waals surface area contributed by atoms with Crippen LogP contribution in [-0.2, 0) is 9.53 Å². The zero-order valence-corrected chi connectivity index (χ0v) is 11.8. The van der Waals surface area contributed by atoms with E-state index in [9.17, 15) is 14.7 Å². The van der Waals surface area contributed by atoms with Crippen molar-refractivity contribution in [2.24, 2.45) is 0 Å². The summed E-state index contributed by atoms with van der Waals surface area (Å²) in [7, 11) is 1.26. The van der Waals surface area contributed by atoms with Crippen LogP contribution in [0.15, 0.2) is 18.2 Å². The average molecular weight is 337 g/mol. The van der Waals surface area contributed by atoms with Gasteiger partial charge in [-0.2, -0.15) is 0 Å². The van der Waals surface area contributed by atoms with Crippen LogP contribution in [0.5, 0.6) is 5.75 Å². The maximum Gasteiger partial charge on any atom is 0.321 e. The van der Waals surface area contributed by atoms with Gasteiger partial charge >= 0.3 is 5.97 Å². The molecule has 0 saturated carbocycles. The quantitative estimate of drug-likeness (QED) is 0.648. The van der Waals surface area contributed by atoms with Gasteiger partial charge < -0.3 is 15.2 Å². The van der Waals surface area contributed by atoms with Gasteiger partial charge in [-0.25, -0.2) is 0 Å². The number of amides is 1. The lowest BCUT2D eigenvalue weighted by molar-refractivity contribution is -0.139. The van der Waals surface area contributed by atoms with Crippen LogP contribution in [0.4, 0.5) is 0 Å². The molecule has 1 aromatic rings. The first kappa shape index (κ1) is 14.8. The molecule has 2 N–H and O–H groups in total. The number of phenolic OH excluding ortho intramolecular Hbond substituents is 1. The molecule has 18 heavy (non-hydrogen) atoms. The predicted octanol–water partition coefficient (Wildman–Crippen LogP) is 1.71. The van der Waals surface area contributed by atoms with Crippen molar-refractivity contribution in [1.29, 1.82) is 0 Å². The summed E-state index contributed by atoms with van der Waals surface area (Å²) in [5.41, 5.74) is 0.294. The summed E-state index contributed by atoms with van der Waals surface area (Å²) in [6.45, 7) is 0.0873. The molecule has 0 aliphatic heterocycles. The summed E-state index contributed by atoms with van der Waals surface area (Å²) in [6, 6.07) is 4.09. The Kier molecular flexibility index (Phi) is 5.43. The number of rotatable bonds is 4. The molecule has 0 aliphatic rings. The van der Waals surface area contributed by atoms with Gasteiger partial charge in [-0.15, -0.1) is 0 Å². The highest BCUT2D eigenvalue weighted by Gasteiger charge is 2.16. The van der Waals surface area contributed by atoms with Crippen LogP contribution in [0.25, 0.3) is 0 Å². The zero-order valence-electron chi connectivity index (χ0n) is 9.44. The van der Waals surface area contributed by atoms with Gasteiger partial charge in [0.05, 0.1) is 12.1 Å². The number of halogens is 2. The number of carbonyl (C=O) groups is 2. The van der Waals surface area contributed by atoms with Gasteiger partial charge in [-0.1, -0.05) is 27.5 Å². The molecule has 0 aromatic heterocycles. The van der Waals surface area contributed by atoms with Crippen LogP contribution in [0.1, 0.15) is 10.4 Å². The summed E-state index contributed by atoms with van der Waals surface area (Å²) in [5, 5.41) is 11.8. The topological polar surface area (TPSA) is 75.6 Å². The van der Waals surface area contributed by atoms with Crippen LogP contribution < -0.4 is 5.32 Å². The van der Waals surface area contributed by atoms with Crippen LogP contribution >= 0.6 is 27.5 Å². The second kappa shape index (κ2) is 6.61. The molecule has 0 bridgehead atoms. The molecule has 98 valence electrons. The number of alkyl halides is 1. The van der Waals surface area contributed by atoms with Gasteiger partial charge in [-0.05, 0) is 18.2 Å². The fraction of sp³-hybridized carbons (Fsp3) is 0.273. The van der Waals surface area contributed by atoms with Gasteiger partial charge in [0.25, 0.3) is 5.91 Å². The van der Waals surface area contributed by atoms with Gasteiger partial charge in [0, 0.05) is 12.1 Å². The molecule has 1 rings (SSSR count). The number of hydrogen-bond acceptors (Lipinski definition) is 4. The molecule has 0 spiro atoms. The lowest BCUT2D eigenvalue weighted by atomic mass is 10.2. The van der Waals surface area contributed by atoms with Gasteiger partial charge in [0.15, 0.2) is 0 Å². The average Bonchev–Trinajstić information content (AvgIpc) is 2.37. The van der Waals surface area contributed by atoms with Crippen molar-refractivity contribution in [3.8, 4) is 5.75 Å². The van der Waals surface area contributed by atoms with Crippen LogP contribution in [0.3, 0.4) is 0 Å². The number of nitrogens with one attached hydrogen (secondary N) is 1. The van der Waals surface area contributed by atoms with Crippen molar-refractivity contribution in [2.45, 2.75) is 4.83 Å². The molecule has 1 atom stereocenters. The number of hydrogen-bond donors (Lipinski definition) is 2. The van der Waals surface area contributed by atoms with Gasteiger partial charge in [-0.3, -0.25) is 9.59 Å². The fourth-order valence-electron chi connectivity index (χ4n) is 1.14. The van der Waals surface area contributed by atoms with Crippen molar-refractivity contribution in [3.63, 3.8) is 0 Å². The smallest absolute Gasteiger partial charge is 0.321 e. The Morgan fingerprint density at radius 1 is 1.56 bits per heavy atom. The Hall–Kier alpha value is -1.27. The van der Waals surface area contributed by atoms with E-state index in [4.69, 9.17) is 11.6 Å². The first-order chi connectivity index (χ1) is 8.45. The van der Waals surface area contributed by atoms with Crippen LogP contribution in [0, 0.1) is 0 Å². The largest absolute Gasteiger partial charge is 0.506 e. The highest BCUT2D eigenvalue weighted by molar-refractivity contribution is 9.10. The predicted molar refractivity (Wildman–Crippen MR) is 70.2 cm³/mol. The number of ether oxygens (including phenoxy) is 1. The number of carbonyl (C=O) groups excluding carboxylic acids is 2. The maximum absolute atomic E-state index is 11.7. The fourth-order valence-corrected chi connectivity index (χ4v) is 1.67. The molecular weight excluding hydrogens is 325 g/mol. The molecule has 0 radical (unpaired) electrons. The van der Waals surface area contributed by atoms with E-state index in [0.29, 0.717) is 5.56 Å². The lowest BCUT2D eigenvalue weighted by Crippen LogP contribution is -2.33. The van der Waals surface area contributed by atoms with E-state index in [2.05, 4.69) is 26.0 Å². The second-order valence-corrected chi connectivity index (χ2v) is 4.88. The van der Waals surface area contributed by atoms with E-state index in [1.165, 1.54) is 25.3 Å². The lowest BCUT2D eigenvalue weighted by Gasteiger charge is -2.09. The van der Waals surface area contributed by atoms with E-state index in [1.54, 1.807) is 0 Å². The van der Waals surface area contributed by atoms with Crippen LogP contribution in [0.2, 0.25) is 5.02 Å². The molecule has 1 aromatic carbocycles. The summed E-state index contributed by atoms with van der Waals surface area (Å²) < 4.78 is 4.49. The highest BCUT2D eigenvalue weighted by atomic mass is 79.9. The summed E-state index contributed by atoms with van der Waals surface area (Å²) in [6.07, 6.45) is 0. The Morgan fingerprint density at radius 3 is 2.78 bits per heavy atom. The summed E-state index contributed by atoms with van der Waals surface area (Å²) in [5.74, 6) is -0.967. The molecule has 0 fully saturated rings. The summed E-state index contributed by atoms with van der Waals surface area (Å²) >= 11 is 8.76. The maximum atomic E-state index is 11.7. The van der Waals surface area contributed by atoms with Gasteiger partial charge in [0.1, 0.15) is 10.6 Å². The number of benzene rings is 1. The van der Waals surface area contributed by atoms with Crippen molar-refractivity contribution in [1.82, 2.24) is 5.32 Å². The highest BCUT2D eigenvalue weighted by Crippen LogP contribution is 2.23. The first-order valence-electron chi connectivity index (χ1n) is 4.94. The monoisotopic (exact) mass is 335 g/mol. The molecule has 0 aliphatic carbocycles. The molecule has 7 heteroatoms. The van der Waals surface area contributed by atoms with Crippen LogP contribution in [-0.4, -0.2) is 35.5 Å². The summed E-state index contributed by atoms with van der Waals surface area (Å²) in [4.78, 5) is 22.2. The Balaban J connectivity index is 2.60. The van der Waals surface area contributed by atoms with Crippen molar-refractivity contribution < 1.29 is 19.4 Å². The van der Waals surface area contributed by atoms with Crippen molar-refractivity contribution in [2.75, 3.05) is 13.7 Å². The normalized spacial score (nSPS) is 11.7. The van der Waals surface area contributed by atoms with E-state index in [0.717, 1.165) is 0 Å². The van der Waals surface area contributed by atoms with E-state index < -0.39 is 16.7 Å². The molecule has 1 unspecified atom stereocenters. The third-order valence-corrected chi connectivity index (χ3v) is 3.11. The Bertz CT molecular complexity index is 466. The van der Waals surface area contributed by atoms with Gasteiger partial charge in [0.2, 0.25) is 0 Å². The minimum Gasteiger partial charge on any atom is -0.506 e. The number of methoxy groups -OCH3 is 1. The second-order valence-electron chi connectivity index (χ2n) is 3.37. The van der Waals surface area contributed by atoms with E-state index >= 15 is 0 Å². The standard InChI is InChI=1S/C11H11BrClNO4/c1-18-11(17)7(12)5-14-10(16)6-2-3-9(15)8(13)4-6/h2-4,7,15H,5H2,1H3,(H,14,16). The van der Waals surface area contributed by atoms with Crippen molar-refractivity contribution >= 4 is 39.4 Å². The molecule has 1 amide bonds. The molecule has 0 saturated heterocycles. The first-order valence-corrected chi connectivity index (χ1v) is 6.23. The molecule has 0 heterocycles. The Labute approximate surface area is 117 Å². The number of phenols is 1. The minimum absolute atomic E-state index is 0.0873. The molecule has 5 nitrogen and oxygen atoms in total. The minimum atomic E-state index is -0.612. The van der Waals surface area contributed by atoms with E-state index in [-0.39, 0.29) is 17.3 Å². The van der Waals surface area contributed by atoms with E-state index in [1.807, 2.05) is 0 Å². The third kappa shape index (κ3) is 3.89. The number of esters is 1. The van der Waals surface area contributed by atoms with Crippen molar-refractivity contribution in [3.05, 3.63) is 28.8 Å². The zero-order chi connectivity index (χ0) is 13.7. The third-order valence-electron chi connectivity index (χ3n) is 2.11. The SMILES string of the molecule is COC(=O)C(Br)CNC(=O)c1ccc(O)c(Cl)c1. The Morgan fingerprint density at radius 2 is 2.22 bits per heavy atom. The number of aromatic hydroxyl groups is 1. The molecular formula is C11H11BrClNO4.